The van der Waals surface area contributed by atoms with Crippen molar-refractivity contribution < 1.29 is 9.53 Å². The molecular formula is C11H15N3O2S. The highest BCUT2D eigenvalue weighted by Crippen LogP contribution is 2.23. The molecule has 1 heterocycles. The molecule has 0 unspecified atom stereocenters. The summed E-state index contributed by atoms with van der Waals surface area (Å²) in [6.45, 7) is 3.24. The number of methoxy groups -OCH3 is 1. The van der Waals surface area contributed by atoms with Gasteiger partial charge in [0.2, 0.25) is 0 Å². The van der Waals surface area contributed by atoms with E-state index in [1.165, 1.54) is 11.3 Å². The number of ether oxygens (including phenoxy) is 1. The van der Waals surface area contributed by atoms with Gasteiger partial charge in [-0.15, -0.1) is 6.42 Å². The maximum absolute atomic E-state index is 11.8. The van der Waals surface area contributed by atoms with Gasteiger partial charge >= 0.3 is 0 Å². The molecule has 6 heteroatoms. The predicted molar refractivity (Wildman–Crippen MR) is 68.2 cm³/mol. The fourth-order valence-electron chi connectivity index (χ4n) is 1.20. The molecule has 17 heavy (non-hydrogen) atoms. The molecule has 0 saturated heterocycles. The Morgan fingerprint density at radius 1 is 1.65 bits per heavy atom. The number of anilines is 1. The van der Waals surface area contributed by atoms with E-state index in [1.54, 1.807) is 7.11 Å². The van der Waals surface area contributed by atoms with Crippen LogP contribution in [0.2, 0.25) is 0 Å². The minimum absolute atomic E-state index is 0.208. The Morgan fingerprint density at radius 2 is 2.41 bits per heavy atom. The second-order valence-corrected chi connectivity index (χ2v) is 4.14. The van der Waals surface area contributed by atoms with Crippen LogP contribution >= 0.6 is 11.3 Å². The van der Waals surface area contributed by atoms with E-state index in [4.69, 9.17) is 11.2 Å². The van der Waals surface area contributed by atoms with Crippen molar-refractivity contribution in [1.29, 1.82) is 0 Å². The Balaban J connectivity index is 2.87. The molecular weight excluding hydrogens is 238 g/mol. The van der Waals surface area contributed by atoms with E-state index in [9.17, 15) is 4.79 Å². The van der Waals surface area contributed by atoms with Gasteiger partial charge in [-0.2, -0.15) is 0 Å². The third-order valence-corrected chi connectivity index (χ3v) is 2.92. The van der Waals surface area contributed by atoms with Crippen LogP contribution in [0.25, 0.3) is 0 Å². The first-order valence-electron chi connectivity index (χ1n) is 5.17. The summed E-state index contributed by atoms with van der Waals surface area (Å²) in [6.07, 6.45) is 5.09. The monoisotopic (exact) mass is 253 g/mol. The summed E-state index contributed by atoms with van der Waals surface area (Å²) in [4.78, 5) is 16.6. The van der Waals surface area contributed by atoms with Gasteiger partial charge in [-0.25, -0.2) is 4.98 Å². The van der Waals surface area contributed by atoms with Crippen LogP contribution in [0, 0.1) is 12.3 Å². The lowest BCUT2D eigenvalue weighted by Crippen LogP contribution is -2.23. The van der Waals surface area contributed by atoms with Crippen molar-refractivity contribution in [3.63, 3.8) is 0 Å². The quantitative estimate of drug-likeness (QED) is 0.745. The number of thiazole rings is 1. The second-order valence-electron chi connectivity index (χ2n) is 3.14. The van der Waals surface area contributed by atoms with Crippen molar-refractivity contribution in [2.75, 3.05) is 25.5 Å². The molecule has 92 valence electrons. The van der Waals surface area contributed by atoms with E-state index < -0.39 is 0 Å². The molecule has 0 bridgehead atoms. The lowest BCUT2D eigenvalue weighted by atomic mass is 10.3. The summed E-state index contributed by atoms with van der Waals surface area (Å²) >= 11 is 1.30. The van der Waals surface area contributed by atoms with Crippen molar-refractivity contribution in [3.05, 3.63) is 10.6 Å². The van der Waals surface area contributed by atoms with Gasteiger partial charge in [0.25, 0.3) is 5.91 Å². The van der Waals surface area contributed by atoms with Gasteiger partial charge in [0.15, 0.2) is 5.13 Å². The number of carbonyl (C=O) groups is 1. The second kappa shape index (κ2) is 6.89. The summed E-state index contributed by atoms with van der Waals surface area (Å²) in [6, 6.07) is 0. The molecule has 0 spiro atoms. The molecule has 2 N–H and O–H groups in total. The number of hydrogen-bond donors (Lipinski definition) is 2. The van der Waals surface area contributed by atoms with Gasteiger partial charge in [0, 0.05) is 13.7 Å². The highest BCUT2D eigenvalue weighted by Gasteiger charge is 2.17. The molecule has 1 amide bonds. The van der Waals surface area contributed by atoms with E-state index in [0.29, 0.717) is 22.3 Å². The standard InChI is InChI=1S/C11H15N3O2S/c1-4-6-13-10(15)9-8(7-16-3)14-11(17-9)12-5-2/h1H,5-7H2,2-3H3,(H,12,14)(H,13,15). The average Bonchev–Trinajstić information content (AvgIpc) is 2.70. The van der Waals surface area contributed by atoms with E-state index in [0.717, 1.165) is 6.54 Å². The number of amides is 1. The van der Waals surface area contributed by atoms with Crippen LogP contribution in [-0.2, 0) is 11.3 Å². The highest BCUT2D eigenvalue weighted by molar-refractivity contribution is 7.17. The summed E-state index contributed by atoms with van der Waals surface area (Å²) in [5.74, 6) is 2.15. The molecule has 0 aliphatic heterocycles. The third-order valence-electron chi connectivity index (χ3n) is 1.86. The normalized spacial score (nSPS) is 9.71. The predicted octanol–water partition coefficient (Wildman–Crippen LogP) is 1.08. The van der Waals surface area contributed by atoms with Crippen LogP contribution in [-0.4, -0.2) is 31.1 Å². The minimum Gasteiger partial charge on any atom is -0.378 e. The first-order valence-corrected chi connectivity index (χ1v) is 5.98. The number of hydrogen-bond acceptors (Lipinski definition) is 5. The molecule has 0 saturated carbocycles. The molecule has 1 rings (SSSR count). The number of nitrogens with one attached hydrogen (secondary N) is 2. The van der Waals surface area contributed by atoms with Crippen molar-refractivity contribution in [1.82, 2.24) is 10.3 Å². The molecule has 0 atom stereocenters. The van der Waals surface area contributed by atoms with Gasteiger partial charge in [0.1, 0.15) is 4.88 Å². The van der Waals surface area contributed by atoms with Crippen LogP contribution in [0.15, 0.2) is 0 Å². The van der Waals surface area contributed by atoms with Crippen LogP contribution in [0.3, 0.4) is 0 Å². The lowest BCUT2D eigenvalue weighted by Gasteiger charge is -2.00. The van der Waals surface area contributed by atoms with E-state index in [-0.39, 0.29) is 12.5 Å². The maximum atomic E-state index is 11.8. The fourth-order valence-corrected chi connectivity index (χ4v) is 2.16. The van der Waals surface area contributed by atoms with Crippen molar-refractivity contribution in [2.45, 2.75) is 13.5 Å². The van der Waals surface area contributed by atoms with Crippen LogP contribution in [0.1, 0.15) is 22.3 Å². The van der Waals surface area contributed by atoms with Gasteiger partial charge in [-0.1, -0.05) is 17.3 Å². The Kier molecular flexibility index (Phi) is 5.46. The number of terminal acetylenes is 1. The maximum Gasteiger partial charge on any atom is 0.264 e. The Hall–Kier alpha value is -1.58. The largest absolute Gasteiger partial charge is 0.378 e. The van der Waals surface area contributed by atoms with Crippen molar-refractivity contribution in [3.8, 4) is 12.3 Å². The zero-order valence-electron chi connectivity index (χ0n) is 9.87. The number of aromatic nitrogens is 1. The minimum atomic E-state index is -0.211. The Bertz CT molecular complexity index is 423. The number of rotatable bonds is 6. The first-order chi connectivity index (χ1) is 8.22. The van der Waals surface area contributed by atoms with E-state index in [2.05, 4.69) is 21.5 Å². The Labute approximate surface area is 105 Å². The summed E-state index contributed by atoms with van der Waals surface area (Å²) in [5, 5.41) is 6.40. The lowest BCUT2D eigenvalue weighted by molar-refractivity contribution is 0.0957. The number of carbonyl (C=O) groups excluding carboxylic acids is 1. The van der Waals surface area contributed by atoms with E-state index >= 15 is 0 Å². The van der Waals surface area contributed by atoms with Crippen molar-refractivity contribution in [2.24, 2.45) is 0 Å². The van der Waals surface area contributed by atoms with Crippen LogP contribution in [0.4, 0.5) is 5.13 Å². The molecule has 0 aromatic carbocycles. The highest BCUT2D eigenvalue weighted by atomic mass is 32.1. The molecule has 0 aliphatic rings. The fraction of sp³-hybridized carbons (Fsp3) is 0.455. The SMILES string of the molecule is C#CCNC(=O)c1sc(NCC)nc1COC. The summed E-state index contributed by atoms with van der Waals surface area (Å²) in [5.41, 5.74) is 0.628. The molecule has 1 aromatic heterocycles. The molecule has 1 aromatic rings. The zero-order chi connectivity index (χ0) is 12.7. The van der Waals surface area contributed by atoms with Gasteiger partial charge in [-0.05, 0) is 6.92 Å². The first kappa shape index (κ1) is 13.5. The summed E-state index contributed by atoms with van der Waals surface area (Å²) in [7, 11) is 1.56. The van der Waals surface area contributed by atoms with Crippen LogP contribution < -0.4 is 10.6 Å². The number of nitrogens with zero attached hydrogens (tertiary/aromatic N) is 1. The molecule has 0 radical (unpaired) electrons. The van der Waals surface area contributed by atoms with Crippen molar-refractivity contribution >= 4 is 22.4 Å². The average molecular weight is 253 g/mol. The molecule has 5 nitrogen and oxygen atoms in total. The Morgan fingerprint density at radius 3 is 3.00 bits per heavy atom. The third kappa shape index (κ3) is 3.73. The summed E-state index contributed by atoms with van der Waals surface area (Å²) < 4.78 is 5.01. The molecule has 0 fully saturated rings. The topological polar surface area (TPSA) is 63.2 Å². The van der Waals surface area contributed by atoms with Crippen LogP contribution in [0.5, 0.6) is 0 Å². The van der Waals surface area contributed by atoms with Gasteiger partial charge in [0.05, 0.1) is 18.8 Å². The zero-order valence-corrected chi connectivity index (χ0v) is 10.7. The molecule has 0 aliphatic carbocycles. The smallest absolute Gasteiger partial charge is 0.264 e. The van der Waals surface area contributed by atoms with Gasteiger partial charge in [-0.3, -0.25) is 4.79 Å². The van der Waals surface area contributed by atoms with E-state index in [1.807, 2.05) is 6.92 Å². The van der Waals surface area contributed by atoms with Gasteiger partial charge < -0.3 is 15.4 Å².